The van der Waals surface area contributed by atoms with E-state index in [-0.39, 0.29) is 17.2 Å². The highest BCUT2D eigenvalue weighted by Crippen LogP contribution is 2.35. The Labute approximate surface area is 165 Å². The van der Waals surface area contributed by atoms with Crippen LogP contribution in [-0.4, -0.2) is 31.8 Å². The Morgan fingerprint density at radius 1 is 1.07 bits per heavy atom. The van der Waals surface area contributed by atoms with Gasteiger partial charge in [-0.1, -0.05) is 6.92 Å². The molecule has 0 aliphatic carbocycles. The maximum Gasteiger partial charge on any atom is 0.261 e. The molecule has 0 saturated carbocycles. The fourth-order valence-corrected chi connectivity index (χ4v) is 2.76. The molecule has 0 aliphatic rings. The molecule has 0 spiro atoms. The zero-order valence-electron chi connectivity index (χ0n) is 17.3. The number of amides is 1. The van der Waals surface area contributed by atoms with Crippen LogP contribution in [0.1, 0.15) is 34.1 Å². The number of nitrogens with one attached hydrogen (secondary N) is 1. The lowest BCUT2D eigenvalue weighted by molar-refractivity contribution is -0.129. The molecule has 0 bridgehead atoms. The molecule has 1 atom stereocenters. The van der Waals surface area contributed by atoms with Gasteiger partial charge in [0, 0.05) is 23.2 Å². The summed E-state index contributed by atoms with van der Waals surface area (Å²) in [5, 5.41) is 2.89. The number of carbonyl (C=O) groups excluding carboxylic acids is 1. The monoisotopic (exact) mass is 389 g/mol. The maximum absolute atomic E-state index is 14.3. The molecule has 0 fully saturated rings. The highest BCUT2D eigenvalue weighted by molar-refractivity contribution is 5.82. The molecule has 28 heavy (non-hydrogen) atoms. The van der Waals surface area contributed by atoms with Crippen LogP contribution in [0.3, 0.4) is 0 Å². The minimum absolute atomic E-state index is 0.233. The fraction of sp³-hybridized carbons (Fsp3) is 0.409. The van der Waals surface area contributed by atoms with Gasteiger partial charge in [-0.25, -0.2) is 4.39 Å². The Kier molecular flexibility index (Phi) is 6.89. The molecule has 0 heterocycles. The first-order valence-corrected chi connectivity index (χ1v) is 9.18. The van der Waals surface area contributed by atoms with Gasteiger partial charge in [-0.3, -0.25) is 4.79 Å². The van der Waals surface area contributed by atoms with E-state index in [1.165, 1.54) is 12.1 Å². The molecular formula is C22H28FNO4. The number of hydrogen-bond acceptors (Lipinski definition) is 4. The third-order valence-electron chi connectivity index (χ3n) is 4.03. The number of hydrogen-bond donors (Lipinski definition) is 1. The van der Waals surface area contributed by atoms with Crippen LogP contribution in [0.2, 0.25) is 0 Å². The summed E-state index contributed by atoms with van der Waals surface area (Å²) in [4.78, 5) is 12.4. The topological polar surface area (TPSA) is 56.8 Å². The lowest BCUT2D eigenvalue weighted by Crippen LogP contribution is -2.47. The van der Waals surface area contributed by atoms with Gasteiger partial charge in [0.15, 0.2) is 6.10 Å². The predicted molar refractivity (Wildman–Crippen MR) is 108 cm³/mol. The molecule has 0 aromatic heterocycles. The Balaban J connectivity index is 2.34. The normalized spacial score (nSPS) is 12.2. The fourth-order valence-electron chi connectivity index (χ4n) is 2.76. The van der Waals surface area contributed by atoms with Crippen molar-refractivity contribution in [3.05, 3.63) is 42.2 Å². The van der Waals surface area contributed by atoms with Gasteiger partial charge < -0.3 is 19.5 Å². The molecule has 2 rings (SSSR count). The summed E-state index contributed by atoms with van der Waals surface area (Å²) in [7, 11) is 3.11. The first-order chi connectivity index (χ1) is 13.2. The SMILES string of the molecule is CCC(Oc1cc(F)cc(-c2ccc(OC)cc2OC)c1)C(=O)NC(C)(C)C. The first kappa shape index (κ1) is 21.5. The molecular weight excluding hydrogens is 361 g/mol. The minimum atomic E-state index is -0.716. The van der Waals surface area contributed by atoms with Crippen LogP contribution < -0.4 is 19.5 Å². The summed E-state index contributed by atoms with van der Waals surface area (Å²) in [6.07, 6.45) is -0.258. The summed E-state index contributed by atoms with van der Waals surface area (Å²) in [5.74, 6) is 0.773. The number of methoxy groups -OCH3 is 2. The zero-order valence-corrected chi connectivity index (χ0v) is 17.3. The molecule has 0 aliphatic heterocycles. The van der Waals surface area contributed by atoms with Gasteiger partial charge in [0.25, 0.3) is 5.91 Å². The third-order valence-corrected chi connectivity index (χ3v) is 4.03. The van der Waals surface area contributed by atoms with Crippen molar-refractivity contribution in [3.8, 4) is 28.4 Å². The van der Waals surface area contributed by atoms with Gasteiger partial charge in [0.1, 0.15) is 23.1 Å². The van der Waals surface area contributed by atoms with Crippen LogP contribution in [0.4, 0.5) is 4.39 Å². The Morgan fingerprint density at radius 3 is 2.36 bits per heavy atom. The van der Waals surface area contributed by atoms with E-state index in [1.807, 2.05) is 27.7 Å². The molecule has 0 saturated heterocycles. The second-order valence-corrected chi connectivity index (χ2v) is 7.50. The third kappa shape index (κ3) is 5.62. The highest BCUT2D eigenvalue weighted by atomic mass is 19.1. The number of benzene rings is 2. The zero-order chi connectivity index (χ0) is 20.9. The summed E-state index contributed by atoms with van der Waals surface area (Å²) in [5.41, 5.74) is 0.901. The number of ether oxygens (including phenoxy) is 3. The van der Waals surface area contributed by atoms with Gasteiger partial charge in [-0.2, -0.15) is 0 Å². The van der Waals surface area contributed by atoms with E-state index in [1.54, 1.807) is 38.5 Å². The Hall–Kier alpha value is -2.76. The van der Waals surface area contributed by atoms with Crippen LogP contribution >= 0.6 is 0 Å². The largest absolute Gasteiger partial charge is 0.497 e. The molecule has 152 valence electrons. The summed E-state index contributed by atoms with van der Waals surface area (Å²) in [6, 6.07) is 9.65. The minimum Gasteiger partial charge on any atom is -0.497 e. The Bertz CT molecular complexity index is 830. The van der Waals surface area contributed by atoms with Gasteiger partial charge >= 0.3 is 0 Å². The molecule has 2 aromatic rings. The van der Waals surface area contributed by atoms with Crippen LogP contribution in [0.15, 0.2) is 36.4 Å². The molecule has 1 N–H and O–H groups in total. The molecule has 5 nitrogen and oxygen atoms in total. The van der Waals surface area contributed by atoms with Crippen LogP contribution in [-0.2, 0) is 4.79 Å². The van der Waals surface area contributed by atoms with E-state index < -0.39 is 11.9 Å². The molecule has 0 radical (unpaired) electrons. The maximum atomic E-state index is 14.3. The highest BCUT2D eigenvalue weighted by Gasteiger charge is 2.23. The van der Waals surface area contributed by atoms with E-state index in [0.29, 0.717) is 29.0 Å². The van der Waals surface area contributed by atoms with Gasteiger partial charge in [-0.15, -0.1) is 0 Å². The number of halogens is 1. The van der Waals surface area contributed by atoms with Gasteiger partial charge in [-0.05, 0) is 57.0 Å². The van der Waals surface area contributed by atoms with Gasteiger partial charge in [0.05, 0.1) is 14.2 Å². The Morgan fingerprint density at radius 2 is 1.79 bits per heavy atom. The van der Waals surface area contributed by atoms with Crippen molar-refractivity contribution in [1.29, 1.82) is 0 Å². The lowest BCUT2D eigenvalue weighted by Gasteiger charge is -2.25. The van der Waals surface area contributed by atoms with Crippen LogP contribution in [0.5, 0.6) is 17.2 Å². The van der Waals surface area contributed by atoms with Crippen molar-refractivity contribution < 1.29 is 23.4 Å². The van der Waals surface area contributed by atoms with Crippen molar-refractivity contribution in [1.82, 2.24) is 5.32 Å². The van der Waals surface area contributed by atoms with Gasteiger partial charge in [0.2, 0.25) is 0 Å². The quantitative estimate of drug-likeness (QED) is 0.753. The number of rotatable bonds is 7. The van der Waals surface area contributed by atoms with Crippen LogP contribution in [0.25, 0.3) is 11.1 Å². The van der Waals surface area contributed by atoms with E-state index in [9.17, 15) is 9.18 Å². The smallest absolute Gasteiger partial charge is 0.261 e. The molecule has 2 aromatic carbocycles. The molecule has 1 amide bonds. The first-order valence-electron chi connectivity index (χ1n) is 9.18. The average molecular weight is 389 g/mol. The van der Waals surface area contributed by atoms with Crippen molar-refractivity contribution in [2.24, 2.45) is 0 Å². The van der Waals surface area contributed by atoms with E-state index in [0.717, 1.165) is 0 Å². The van der Waals surface area contributed by atoms with E-state index in [2.05, 4.69) is 5.32 Å². The second-order valence-electron chi connectivity index (χ2n) is 7.50. The standard InChI is InChI=1S/C22H28FNO4/c1-7-19(21(25)24-22(2,3)4)28-17-11-14(10-15(23)12-17)18-9-8-16(26-5)13-20(18)27-6/h8-13,19H,7H2,1-6H3,(H,24,25). The molecule has 6 heteroatoms. The predicted octanol–water partition coefficient (Wildman–Crippen LogP) is 4.58. The average Bonchev–Trinajstić information content (AvgIpc) is 2.63. The lowest BCUT2D eigenvalue weighted by atomic mass is 10.0. The second kappa shape index (κ2) is 8.95. The molecule has 1 unspecified atom stereocenters. The van der Waals surface area contributed by atoms with Crippen molar-refractivity contribution in [2.75, 3.05) is 14.2 Å². The van der Waals surface area contributed by atoms with E-state index in [4.69, 9.17) is 14.2 Å². The van der Waals surface area contributed by atoms with Crippen molar-refractivity contribution in [3.63, 3.8) is 0 Å². The van der Waals surface area contributed by atoms with Crippen molar-refractivity contribution >= 4 is 5.91 Å². The summed E-state index contributed by atoms with van der Waals surface area (Å²) >= 11 is 0. The van der Waals surface area contributed by atoms with E-state index >= 15 is 0 Å². The number of carbonyl (C=O) groups is 1. The summed E-state index contributed by atoms with van der Waals surface area (Å²) in [6.45, 7) is 7.54. The van der Waals surface area contributed by atoms with Crippen LogP contribution in [0, 0.1) is 5.82 Å². The summed E-state index contributed by atoms with van der Waals surface area (Å²) < 4.78 is 30.7. The van der Waals surface area contributed by atoms with Crippen molar-refractivity contribution in [2.45, 2.75) is 45.8 Å².